The fourth-order valence-electron chi connectivity index (χ4n) is 4.30. The van der Waals surface area contributed by atoms with Crippen molar-refractivity contribution in [1.82, 2.24) is 4.98 Å². The third kappa shape index (κ3) is 4.54. The number of carbonyl (C=O) groups excluding carboxylic acids is 2. The number of anilines is 2. The standard InChI is InChI=1S/C24H29N5O6/c1-28(2,34)11-9-26-20-13-7-8-25-21(13)22(27-10-12-29(3,4)35)19-18(20)23(32)16-14(30)5-6-15(31)17(16)24(19)33/h5-8,25-27,30-31H,9-12H2,1-4H3. The summed E-state index contributed by atoms with van der Waals surface area (Å²) in [6, 6.07) is 4.07. The van der Waals surface area contributed by atoms with Crippen molar-refractivity contribution < 1.29 is 29.1 Å². The molecule has 3 aromatic rings. The maximum absolute atomic E-state index is 13.7. The number of H-pyrrole nitrogens is 1. The highest BCUT2D eigenvalue weighted by atomic mass is 16.5. The predicted octanol–water partition coefficient (Wildman–Crippen LogP) is 2.33. The average Bonchev–Trinajstić information content (AvgIpc) is 3.22. The molecule has 35 heavy (non-hydrogen) atoms. The quantitative estimate of drug-likeness (QED) is 0.110. The molecule has 11 heteroatoms. The normalized spacial score (nSPS) is 13.7. The molecule has 0 saturated carbocycles. The summed E-state index contributed by atoms with van der Waals surface area (Å²) in [6.07, 6.45) is 1.66. The van der Waals surface area contributed by atoms with Crippen LogP contribution >= 0.6 is 0 Å². The smallest absolute Gasteiger partial charge is 0.200 e. The van der Waals surface area contributed by atoms with E-state index in [1.54, 1.807) is 12.3 Å². The van der Waals surface area contributed by atoms with Gasteiger partial charge in [-0.05, 0) is 18.2 Å². The molecular formula is C24H29N5O6. The summed E-state index contributed by atoms with van der Waals surface area (Å²) in [5.74, 6) is -2.11. The molecule has 2 aromatic carbocycles. The highest BCUT2D eigenvalue weighted by molar-refractivity contribution is 6.36. The van der Waals surface area contributed by atoms with Gasteiger partial charge in [0.15, 0.2) is 0 Å². The Labute approximate surface area is 201 Å². The topological polar surface area (TPSA) is 161 Å². The molecule has 0 atom stereocenters. The molecule has 0 fully saturated rings. The number of carbonyl (C=O) groups is 2. The summed E-state index contributed by atoms with van der Waals surface area (Å²) >= 11 is 0. The number of aromatic hydroxyl groups is 2. The van der Waals surface area contributed by atoms with E-state index in [1.165, 1.54) is 28.2 Å². The van der Waals surface area contributed by atoms with Crippen LogP contribution < -0.4 is 10.6 Å². The van der Waals surface area contributed by atoms with E-state index in [1.807, 2.05) is 0 Å². The Morgan fingerprint density at radius 1 is 0.771 bits per heavy atom. The largest absolute Gasteiger partial charge is 0.633 e. The van der Waals surface area contributed by atoms with E-state index in [-0.39, 0.29) is 48.4 Å². The van der Waals surface area contributed by atoms with Gasteiger partial charge in [-0.3, -0.25) is 9.59 Å². The van der Waals surface area contributed by atoms with Gasteiger partial charge >= 0.3 is 0 Å². The van der Waals surface area contributed by atoms with Crippen LogP contribution in [-0.2, 0) is 0 Å². The number of ketones is 2. The van der Waals surface area contributed by atoms with E-state index in [9.17, 15) is 30.2 Å². The first-order valence-corrected chi connectivity index (χ1v) is 11.2. The zero-order chi connectivity index (χ0) is 25.7. The molecule has 0 bridgehead atoms. The molecule has 0 aliphatic heterocycles. The van der Waals surface area contributed by atoms with E-state index in [0.717, 1.165) is 12.1 Å². The lowest BCUT2D eigenvalue weighted by Crippen LogP contribution is -2.37. The fraction of sp³-hybridized carbons (Fsp3) is 0.333. The van der Waals surface area contributed by atoms with E-state index in [2.05, 4.69) is 15.6 Å². The van der Waals surface area contributed by atoms with Gasteiger partial charge in [0.25, 0.3) is 0 Å². The van der Waals surface area contributed by atoms with Gasteiger partial charge in [-0.25, -0.2) is 0 Å². The Morgan fingerprint density at radius 3 is 1.71 bits per heavy atom. The lowest BCUT2D eigenvalue weighted by molar-refractivity contribution is -0.838. The minimum atomic E-state index is -0.638. The zero-order valence-electron chi connectivity index (χ0n) is 20.1. The number of phenolic OH excluding ortho intramolecular Hbond substituents is 2. The van der Waals surface area contributed by atoms with Crippen molar-refractivity contribution in [3.63, 3.8) is 0 Å². The first-order chi connectivity index (χ1) is 16.3. The van der Waals surface area contributed by atoms with Crippen LogP contribution in [0.3, 0.4) is 0 Å². The summed E-state index contributed by atoms with van der Waals surface area (Å²) in [4.78, 5) is 30.6. The van der Waals surface area contributed by atoms with Crippen LogP contribution in [0.2, 0.25) is 0 Å². The van der Waals surface area contributed by atoms with Crippen LogP contribution in [0.25, 0.3) is 10.9 Å². The van der Waals surface area contributed by atoms with E-state index >= 15 is 0 Å². The van der Waals surface area contributed by atoms with Crippen molar-refractivity contribution >= 4 is 33.8 Å². The Morgan fingerprint density at radius 2 is 1.23 bits per heavy atom. The molecular weight excluding hydrogens is 454 g/mol. The number of nitrogens with one attached hydrogen (secondary N) is 3. The van der Waals surface area contributed by atoms with Gasteiger partial charge in [-0.15, -0.1) is 0 Å². The molecule has 186 valence electrons. The number of hydrogen-bond donors (Lipinski definition) is 5. The second-order valence-electron chi connectivity index (χ2n) is 9.73. The van der Waals surface area contributed by atoms with Gasteiger partial charge in [-0.1, -0.05) is 0 Å². The third-order valence-corrected chi connectivity index (χ3v) is 5.99. The van der Waals surface area contributed by atoms with Crippen LogP contribution in [0.5, 0.6) is 11.5 Å². The molecule has 5 N–H and O–H groups in total. The summed E-state index contributed by atoms with van der Waals surface area (Å²) in [5, 5.41) is 51.9. The first kappa shape index (κ1) is 24.5. The number of fused-ring (bicyclic) bond motifs is 3. The van der Waals surface area contributed by atoms with Crippen molar-refractivity contribution in [3.8, 4) is 11.5 Å². The molecule has 1 heterocycles. The van der Waals surface area contributed by atoms with Crippen molar-refractivity contribution in [2.45, 2.75) is 0 Å². The zero-order valence-corrected chi connectivity index (χ0v) is 20.1. The van der Waals surface area contributed by atoms with Crippen molar-refractivity contribution in [1.29, 1.82) is 0 Å². The Balaban J connectivity index is 1.94. The number of aromatic amines is 1. The molecule has 0 spiro atoms. The summed E-state index contributed by atoms with van der Waals surface area (Å²) < 4.78 is -1.12. The van der Waals surface area contributed by atoms with Crippen molar-refractivity contribution in [2.75, 3.05) is 65.0 Å². The van der Waals surface area contributed by atoms with Gasteiger partial charge in [0.2, 0.25) is 11.6 Å². The van der Waals surface area contributed by atoms with Crippen LogP contribution in [0.15, 0.2) is 24.4 Å². The molecule has 0 amide bonds. The number of benzene rings is 2. The summed E-state index contributed by atoms with van der Waals surface area (Å²) in [6.45, 7) is 0.824. The Bertz CT molecular complexity index is 1230. The van der Waals surface area contributed by atoms with E-state index in [0.29, 0.717) is 22.3 Å². The maximum Gasteiger partial charge on any atom is 0.200 e. The minimum absolute atomic E-state index is 0.0212. The number of phenols is 2. The number of hydroxylamine groups is 6. The number of hydrogen-bond acceptors (Lipinski definition) is 8. The van der Waals surface area contributed by atoms with Gasteiger partial charge in [-0.2, -0.15) is 0 Å². The highest BCUT2D eigenvalue weighted by Crippen LogP contribution is 2.46. The first-order valence-electron chi connectivity index (χ1n) is 11.2. The predicted molar refractivity (Wildman–Crippen MR) is 133 cm³/mol. The van der Waals surface area contributed by atoms with Crippen LogP contribution in [0, 0.1) is 10.4 Å². The third-order valence-electron chi connectivity index (χ3n) is 5.99. The van der Waals surface area contributed by atoms with E-state index in [4.69, 9.17) is 0 Å². The van der Waals surface area contributed by atoms with Gasteiger partial charge in [0.05, 0.1) is 93.5 Å². The number of rotatable bonds is 8. The average molecular weight is 484 g/mol. The molecule has 4 rings (SSSR count). The molecule has 0 radical (unpaired) electrons. The van der Waals surface area contributed by atoms with Gasteiger partial charge < -0.3 is 45.5 Å². The number of quaternary nitrogens is 2. The Hall–Kier alpha value is -3.64. The van der Waals surface area contributed by atoms with Crippen molar-refractivity contribution in [2.24, 2.45) is 0 Å². The summed E-state index contributed by atoms with van der Waals surface area (Å²) in [7, 11) is 5.99. The summed E-state index contributed by atoms with van der Waals surface area (Å²) in [5.41, 5.74) is 0.705. The van der Waals surface area contributed by atoms with Crippen LogP contribution in [0.4, 0.5) is 11.4 Å². The second-order valence-corrected chi connectivity index (χ2v) is 9.73. The molecule has 0 saturated heterocycles. The molecule has 1 aliphatic carbocycles. The minimum Gasteiger partial charge on any atom is -0.633 e. The molecule has 1 aromatic heterocycles. The van der Waals surface area contributed by atoms with E-state index < -0.39 is 32.4 Å². The molecule has 1 aliphatic rings. The molecule has 0 unspecified atom stereocenters. The fourth-order valence-corrected chi connectivity index (χ4v) is 4.30. The second kappa shape index (κ2) is 8.54. The number of nitrogens with zero attached hydrogens (tertiary/aromatic N) is 2. The molecule has 11 nitrogen and oxygen atoms in total. The lowest BCUT2D eigenvalue weighted by atomic mass is 9.80. The van der Waals surface area contributed by atoms with Gasteiger partial charge in [0.1, 0.15) is 11.5 Å². The highest BCUT2D eigenvalue weighted by Gasteiger charge is 2.39. The van der Waals surface area contributed by atoms with Crippen LogP contribution in [-0.4, -0.2) is 90.4 Å². The van der Waals surface area contributed by atoms with Gasteiger partial charge in [0, 0.05) is 11.6 Å². The van der Waals surface area contributed by atoms with Crippen LogP contribution in [0.1, 0.15) is 31.8 Å². The number of likely N-dealkylation sites (N-methyl/N-ethyl adjacent to an activating group) is 2. The lowest BCUT2D eigenvalue weighted by Gasteiger charge is -2.34. The SMILES string of the molecule is C[N+](C)([O-])CCNc1c2c(c(NCC[N+](C)(C)[O-])c3[nH]ccc13)C(=O)c1c(O)ccc(O)c1C2=O. The maximum atomic E-state index is 13.7. The monoisotopic (exact) mass is 483 g/mol. The number of aromatic nitrogens is 1. The Kier molecular flexibility index (Phi) is 5.97. The van der Waals surface area contributed by atoms with Crippen molar-refractivity contribution in [3.05, 3.63) is 57.1 Å².